The Morgan fingerprint density at radius 3 is 2.28 bits per heavy atom. The van der Waals surface area contributed by atoms with E-state index < -0.39 is 15.8 Å². The molecule has 0 bridgehead atoms. The van der Waals surface area contributed by atoms with Crippen LogP contribution in [-0.2, 0) is 16.6 Å². The topological polar surface area (TPSA) is 66.5 Å². The van der Waals surface area contributed by atoms with Gasteiger partial charge in [-0.1, -0.05) is 45.0 Å². The maximum absolute atomic E-state index is 14.1. The lowest BCUT2D eigenvalue weighted by Gasteiger charge is -2.23. The van der Waals surface area contributed by atoms with Crippen LogP contribution in [0.3, 0.4) is 0 Å². The Balaban J connectivity index is 2.05. The van der Waals surface area contributed by atoms with Crippen molar-refractivity contribution in [2.45, 2.75) is 32.1 Å². The maximum atomic E-state index is 14.1. The maximum Gasteiger partial charge on any atom is 0.251 e. The number of hydrogen-bond acceptors (Lipinski definition) is 4. The predicted octanol–water partition coefficient (Wildman–Crippen LogP) is 4.05. The number of halogens is 1. The lowest BCUT2D eigenvalue weighted by atomic mass is 10.1. The fourth-order valence-electron chi connectivity index (χ4n) is 2.59. The van der Waals surface area contributed by atoms with E-state index >= 15 is 0 Å². The van der Waals surface area contributed by atoms with E-state index in [1.807, 2.05) is 0 Å². The number of amides is 1. The molecule has 0 fully saturated rings. The summed E-state index contributed by atoms with van der Waals surface area (Å²) in [7, 11) is -3.68. The molecule has 0 aliphatic carbocycles. The van der Waals surface area contributed by atoms with Crippen LogP contribution in [-0.4, -0.2) is 37.6 Å². The number of carbonyl (C=O) groups excluding carboxylic acids is 1. The highest BCUT2D eigenvalue weighted by Gasteiger charge is 2.21. The number of sulfonamides is 1. The Morgan fingerprint density at radius 2 is 1.72 bits per heavy atom. The van der Waals surface area contributed by atoms with Gasteiger partial charge in [0.05, 0.1) is 18.5 Å². The molecule has 0 radical (unpaired) electrons. The predicted molar refractivity (Wildman–Crippen MR) is 118 cm³/mol. The van der Waals surface area contributed by atoms with Crippen LogP contribution in [0.1, 0.15) is 36.7 Å². The van der Waals surface area contributed by atoms with E-state index in [-0.39, 0.29) is 22.9 Å². The summed E-state index contributed by atoms with van der Waals surface area (Å²) in [6, 6.07) is 12.4. The van der Waals surface area contributed by atoms with Gasteiger partial charge >= 0.3 is 0 Å². The van der Waals surface area contributed by atoms with Gasteiger partial charge in [-0.3, -0.25) is 9.10 Å². The third-order valence-corrected chi connectivity index (χ3v) is 6.39. The second kappa shape index (κ2) is 9.63. The number of hydrogen-bond donors (Lipinski definition) is 1. The summed E-state index contributed by atoms with van der Waals surface area (Å²) in [6.07, 6.45) is 1.04. The van der Waals surface area contributed by atoms with Gasteiger partial charge in [-0.15, -0.1) is 0 Å². The molecule has 8 heteroatoms. The highest BCUT2D eigenvalue weighted by Crippen LogP contribution is 2.24. The number of benzene rings is 2. The van der Waals surface area contributed by atoms with Crippen molar-refractivity contribution in [1.29, 1.82) is 0 Å². The summed E-state index contributed by atoms with van der Waals surface area (Å²) in [5.41, 5.74) is 1.14. The van der Waals surface area contributed by atoms with E-state index in [2.05, 4.69) is 26.1 Å². The molecule has 0 spiro atoms. The number of rotatable bonds is 8. The molecule has 1 N–H and O–H groups in total. The zero-order valence-electron chi connectivity index (χ0n) is 17.1. The van der Waals surface area contributed by atoms with Crippen molar-refractivity contribution in [3.05, 3.63) is 65.5 Å². The molecule has 0 saturated heterocycles. The fourth-order valence-corrected chi connectivity index (χ4v) is 4.29. The molecular formula is C21H27FN2O3S2. The summed E-state index contributed by atoms with van der Waals surface area (Å²) in [5.74, 6) is 0.0291. The Kier molecular flexibility index (Phi) is 7.71. The molecule has 2 rings (SSSR count). The van der Waals surface area contributed by atoms with E-state index in [0.717, 1.165) is 16.3 Å². The normalized spacial score (nSPS) is 11.9. The van der Waals surface area contributed by atoms with Crippen LogP contribution in [0.4, 0.5) is 10.1 Å². The summed E-state index contributed by atoms with van der Waals surface area (Å²) in [5, 5.41) is 2.87. The molecule has 0 aliphatic rings. The van der Waals surface area contributed by atoms with Crippen LogP contribution in [0, 0.1) is 5.82 Å². The second-order valence-electron chi connectivity index (χ2n) is 7.63. The highest BCUT2D eigenvalue weighted by molar-refractivity contribution is 8.00. The molecule has 0 aromatic heterocycles. The van der Waals surface area contributed by atoms with E-state index in [0.29, 0.717) is 17.7 Å². The molecule has 2 aromatic carbocycles. The first-order valence-corrected chi connectivity index (χ1v) is 12.0. The molecule has 0 saturated carbocycles. The van der Waals surface area contributed by atoms with Crippen molar-refractivity contribution >= 4 is 33.4 Å². The van der Waals surface area contributed by atoms with Crippen molar-refractivity contribution in [3.63, 3.8) is 0 Å². The van der Waals surface area contributed by atoms with Crippen LogP contribution >= 0.6 is 11.8 Å². The lowest BCUT2D eigenvalue weighted by Crippen LogP contribution is -2.30. The van der Waals surface area contributed by atoms with Crippen LogP contribution in [0.5, 0.6) is 0 Å². The SMILES string of the molecule is CC(C)(C)SCCNC(=O)c1ccc(CN(c2ccccc2F)S(C)(=O)=O)cc1. The fraction of sp³-hybridized carbons (Fsp3) is 0.381. The van der Waals surface area contributed by atoms with Gasteiger partial charge < -0.3 is 5.32 Å². The van der Waals surface area contributed by atoms with Gasteiger partial charge in [-0.2, -0.15) is 11.8 Å². The minimum atomic E-state index is -3.68. The Bertz CT molecular complexity index is 939. The largest absolute Gasteiger partial charge is 0.351 e. The number of nitrogens with one attached hydrogen (secondary N) is 1. The smallest absolute Gasteiger partial charge is 0.251 e. The van der Waals surface area contributed by atoms with Crippen LogP contribution in [0.15, 0.2) is 48.5 Å². The van der Waals surface area contributed by atoms with E-state index in [9.17, 15) is 17.6 Å². The standard InChI is InChI=1S/C21H27FN2O3S2/c1-21(2,3)28-14-13-23-20(25)17-11-9-16(10-12-17)15-24(29(4,26)27)19-8-6-5-7-18(19)22/h5-12H,13-15H2,1-4H3,(H,23,25). The van der Waals surface area contributed by atoms with E-state index in [1.54, 1.807) is 42.1 Å². The average molecular weight is 439 g/mol. The first-order chi connectivity index (χ1) is 13.5. The quantitative estimate of drug-likeness (QED) is 0.632. The van der Waals surface area contributed by atoms with Crippen molar-refractivity contribution in [2.75, 3.05) is 22.9 Å². The molecular weight excluding hydrogens is 411 g/mol. The van der Waals surface area contributed by atoms with Gasteiger partial charge in [0.15, 0.2) is 0 Å². The van der Waals surface area contributed by atoms with Crippen molar-refractivity contribution in [2.24, 2.45) is 0 Å². The van der Waals surface area contributed by atoms with Crippen molar-refractivity contribution in [3.8, 4) is 0 Å². The second-order valence-corrected chi connectivity index (χ2v) is 11.5. The number of anilines is 1. The molecule has 0 heterocycles. The van der Waals surface area contributed by atoms with Gasteiger partial charge in [0.1, 0.15) is 5.82 Å². The number of thioether (sulfide) groups is 1. The zero-order chi connectivity index (χ0) is 21.7. The van der Waals surface area contributed by atoms with Crippen LogP contribution in [0.25, 0.3) is 0 Å². The lowest BCUT2D eigenvalue weighted by molar-refractivity contribution is 0.0956. The minimum Gasteiger partial charge on any atom is -0.351 e. The van der Waals surface area contributed by atoms with Gasteiger partial charge in [-0.25, -0.2) is 12.8 Å². The molecule has 1 amide bonds. The van der Waals surface area contributed by atoms with Crippen LogP contribution in [0.2, 0.25) is 0 Å². The van der Waals surface area contributed by atoms with Crippen molar-refractivity contribution in [1.82, 2.24) is 5.32 Å². The van der Waals surface area contributed by atoms with E-state index in [4.69, 9.17) is 0 Å². The molecule has 5 nitrogen and oxygen atoms in total. The Morgan fingerprint density at radius 1 is 1.10 bits per heavy atom. The van der Waals surface area contributed by atoms with Crippen molar-refractivity contribution < 1.29 is 17.6 Å². The molecule has 0 atom stereocenters. The third kappa shape index (κ3) is 7.36. The first kappa shape index (κ1) is 23.2. The number of para-hydroxylation sites is 1. The summed E-state index contributed by atoms with van der Waals surface area (Å²) in [6.45, 7) is 6.92. The van der Waals surface area contributed by atoms with Crippen LogP contribution < -0.4 is 9.62 Å². The Hall–Kier alpha value is -2.06. The molecule has 0 aliphatic heterocycles. The molecule has 158 valence electrons. The van der Waals surface area contributed by atoms with Gasteiger partial charge in [-0.05, 0) is 29.8 Å². The number of nitrogens with zero attached hydrogens (tertiary/aromatic N) is 1. The molecule has 0 unspecified atom stereocenters. The molecule has 29 heavy (non-hydrogen) atoms. The summed E-state index contributed by atoms with van der Waals surface area (Å²) in [4.78, 5) is 12.3. The van der Waals surface area contributed by atoms with E-state index in [1.165, 1.54) is 18.2 Å². The molecule has 2 aromatic rings. The highest BCUT2D eigenvalue weighted by atomic mass is 32.2. The summed E-state index contributed by atoms with van der Waals surface area (Å²) >= 11 is 1.77. The number of carbonyl (C=O) groups is 1. The third-order valence-electron chi connectivity index (χ3n) is 3.99. The van der Waals surface area contributed by atoms with Gasteiger partial charge in [0.2, 0.25) is 10.0 Å². The minimum absolute atomic E-state index is 0.00633. The Labute approximate surface area is 176 Å². The monoisotopic (exact) mass is 438 g/mol. The average Bonchev–Trinajstić information content (AvgIpc) is 2.63. The first-order valence-electron chi connectivity index (χ1n) is 9.21. The summed E-state index contributed by atoms with van der Waals surface area (Å²) < 4.78 is 39.6. The van der Waals surface area contributed by atoms with Gasteiger partial charge in [0, 0.05) is 22.6 Å². The zero-order valence-corrected chi connectivity index (χ0v) is 18.7. The van der Waals surface area contributed by atoms with Gasteiger partial charge in [0.25, 0.3) is 5.91 Å².